The first-order valence-electron chi connectivity index (χ1n) is 9.65. The standard InChI is InChI=1S/C22H24ClN3OS/c1-25(14-17-6-2-3-7-18(17)23)15-21(27)26-12-10-16(11-13-26)22-24-19-8-4-5-9-20(19)28-22/h2-9,16H,10-15H2,1H3. The van der Waals surface area contributed by atoms with Crippen LogP contribution in [0.4, 0.5) is 0 Å². The van der Waals surface area contributed by atoms with Crippen molar-refractivity contribution < 1.29 is 4.79 Å². The highest BCUT2D eigenvalue weighted by Gasteiger charge is 2.26. The number of thiazole rings is 1. The van der Waals surface area contributed by atoms with Crippen molar-refractivity contribution in [2.24, 2.45) is 0 Å². The number of carbonyl (C=O) groups excluding carboxylic acids is 1. The monoisotopic (exact) mass is 413 g/mol. The van der Waals surface area contributed by atoms with Crippen molar-refractivity contribution >= 4 is 39.1 Å². The largest absolute Gasteiger partial charge is 0.342 e. The molecule has 3 aromatic rings. The number of para-hydroxylation sites is 1. The van der Waals surface area contributed by atoms with Crippen LogP contribution in [0.3, 0.4) is 0 Å². The molecule has 0 radical (unpaired) electrons. The van der Waals surface area contributed by atoms with Gasteiger partial charge < -0.3 is 4.90 Å². The molecule has 0 unspecified atom stereocenters. The van der Waals surface area contributed by atoms with Gasteiger partial charge >= 0.3 is 0 Å². The predicted octanol–water partition coefficient (Wildman–Crippen LogP) is 4.79. The molecule has 1 fully saturated rings. The van der Waals surface area contributed by atoms with Crippen LogP contribution >= 0.6 is 22.9 Å². The minimum Gasteiger partial charge on any atom is -0.342 e. The minimum absolute atomic E-state index is 0.192. The highest BCUT2D eigenvalue weighted by atomic mass is 35.5. The van der Waals surface area contributed by atoms with Gasteiger partial charge in [0.25, 0.3) is 0 Å². The third-order valence-electron chi connectivity index (χ3n) is 5.31. The molecule has 0 spiro atoms. The number of likely N-dealkylation sites (tertiary alicyclic amines) is 1. The molecule has 1 aliphatic heterocycles. The maximum absolute atomic E-state index is 12.7. The Hall–Kier alpha value is -1.95. The van der Waals surface area contributed by atoms with Crippen molar-refractivity contribution in [3.8, 4) is 0 Å². The van der Waals surface area contributed by atoms with Crippen molar-refractivity contribution in [3.05, 3.63) is 64.1 Å². The van der Waals surface area contributed by atoms with Crippen molar-refractivity contribution in [3.63, 3.8) is 0 Å². The van der Waals surface area contributed by atoms with Gasteiger partial charge in [0.05, 0.1) is 21.8 Å². The third-order valence-corrected chi connectivity index (χ3v) is 6.88. The van der Waals surface area contributed by atoms with E-state index in [9.17, 15) is 4.79 Å². The van der Waals surface area contributed by atoms with Gasteiger partial charge in [-0.25, -0.2) is 4.98 Å². The molecule has 4 nitrogen and oxygen atoms in total. The number of rotatable bonds is 5. The quantitative estimate of drug-likeness (QED) is 0.603. The van der Waals surface area contributed by atoms with Crippen LogP contribution in [0.1, 0.15) is 29.3 Å². The Balaban J connectivity index is 1.30. The molecule has 1 saturated heterocycles. The van der Waals surface area contributed by atoms with Gasteiger partial charge in [-0.15, -0.1) is 11.3 Å². The summed E-state index contributed by atoms with van der Waals surface area (Å²) in [7, 11) is 1.97. The predicted molar refractivity (Wildman–Crippen MR) is 116 cm³/mol. The molecule has 0 bridgehead atoms. The van der Waals surface area contributed by atoms with E-state index in [1.807, 2.05) is 47.2 Å². The van der Waals surface area contributed by atoms with Crippen LogP contribution in [0.5, 0.6) is 0 Å². The summed E-state index contributed by atoms with van der Waals surface area (Å²) in [5.41, 5.74) is 2.14. The molecule has 146 valence electrons. The van der Waals surface area contributed by atoms with Crippen LogP contribution in [0.25, 0.3) is 10.2 Å². The second kappa shape index (κ2) is 8.60. The molecule has 2 heterocycles. The van der Waals surface area contributed by atoms with Crippen molar-refractivity contribution in [2.45, 2.75) is 25.3 Å². The Morgan fingerprint density at radius 2 is 1.89 bits per heavy atom. The van der Waals surface area contributed by atoms with Gasteiger partial charge in [-0.05, 0) is 43.7 Å². The molecule has 6 heteroatoms. The highest BCUT2D eigenvalue weighted by Crippen LogP contribution is 2.33. The fourth-order valence-corrected chi connectivity index (χ4v) is 5.08. The summed E-state index contributed by atoms with van der Waals surface area (Å²) >= 11 is 8.02. The summed E-state index contributed by atoms with van der Waals surface area (Å²) in [5.74, 6) is 0.652. The van der Waals surface area contributed by atoms with Gasteiger partial charge in [0.2, 0.25) is 5.91 Å². The Bertz CT molecular complexity index is 932. The molecule has 4 rings (SSSR count). The number of carbonyl (C=O) groups is 1. The Kier molecular flexibility index (Phi) is 5.95. The Morgan fingerprint density at radius 1 is 1.18 bits per heavy atom. The maximum atomic E-state index is 12.7. The lowest BCUT2D eigenvalue weighted by Gasteiger charge is -2.32. The zero-order valence-electron chi connectivity index (χ0n) is 16.0. The van der Waals surface area contributed by atoms with Crippen LogP contribution in [0, 0.1) is 0 Å². The second-order valence-corrected chi connectivity index (χ2v) is 8.91. The lowest BCUT2D eigenvalue weighted by molar-refractivity contribution is -0.133. The van der Waals surface area contributed by atoms with Crippen molar-refractivity contribution in [1.29, 1.82) is 0 Å². The molecule has 28 heavy (non-hydrogen) atoms. The number of likely N-dealkylation sites (N-methyl/N-ethyl adjacent to an activating group) is 1. The van der Waals surface area contributed by atoms with E-state index in [4.69, 9.17) is 16.6 Å². The third kappa shape index (κ3) is 4.37. The number of fused-ring (bicyclic) bond motifs is 1. The van der Waals surface area contributed by atoms with Crippen LogP contribution in [0.15, 0.2) is 48.5 Å². The number of amides is 1. The fourth-order valence-electron chi connectivity index (χ4n) is 3.74. The van der Waals surface area contributed by atoms with Gasteiger partial charge in [0, 0.05) is 30.6 Å². The van der Waals surface area contributed by atoms with E-state index in [-0.39, 0.29) is 5.91 Å². The van der Waals surface area contributed by atoms with Crippen LogP contribution in [-0.2, 0) is 11.3 Å². The molecule has 1 aromatic heterocycles. The summed E-state index contributed by atoms with van der Waals surface area (Å²) in [6.07, 6.45) is 1.97. The normalized spacial score (nSPS) is 15.5. The average molecular weight is 414 g/mol. The summed E-state index contributed by atoms with van der Waals surface area (Å²) in [6, 6.07) is 16.1. The molecule has 0 atom stereocenters. The fraction of sp³-hybridized carbons (Fsp3) is 0.364. The van der Waals surface area contributed by atoms with Crippen molar-refractivity contribution in [2.75, 3.05) is 26.7 Å². The van der Waals surface area contributed by atoms with E-state index < -0.39 is 0 Å². The topological polar surface area (TPSA) is 36.4 Å². The number of piperidine rings is 1. The van der Waals surface area contributed by atoms with Gasteiger partial charge in [0.15, 0.2) is 0 Å². The number of halogens is 1. The number of hydrogen-bond acceptors (Lipinski definition) is 4. The number of aromatic nitrogens is 1. The molecule has 0 aliphatic carbocycles. The van der Waals surface area contributed by atoms with E-state index in [1.54, 1.807) is 11.3 Å². The Morgan fingerprint density at radius 3 is 2.64 bits per heavy atom. The first-order valence-corrected chi connectivity index (χ1v) is 10.8. The zero-order valence-corrected chi connectivity index (χ0v) is 17.5. The summed E-state index contributed by atoms with van der Waals surface area (Å²) in [4.78, 5) is 21.5. The van der Waals surface area contributed by atoms with E-state index in [1.165, 1.54) is 9.71 Å². The Labute approximate surface area is 174 Å². The smallest absolute Gasteiger partial charge is 0.236 e. The van der Waals surface area contributed by atoms with Gasteiger partial charge in [-0.3, -0.25) is 9.69 Å². The SMILES string of the molecule is CN(CC(=O)N1CCC(c2nc3ccccc3s2)CC1)Cc1ccccc1Cl. The van der Waals surface area contributed by atoms with Crippen LogP contribution in [-0.4, -0.2) is 47.4 Å². The lowest BCUT2D eigenvalue weighted by Crippen LogP contribution is -2.42. The molecule has 0 N–H and O–H groups in total. The van der Waals surface area contributed by atoms with Crippen molar-refractivity contribution in [1.82, 2.24) is 14.8 Å². The molecular weight excluding hydrogens is 390 g/mol. The highest BCUT2D eigenvalue weighted by molar-refractivity contribution is 7.18. The van der Waals surface area contributed by atoms with E-state index in [0.717, 1.165) is 42.0 Å². The average Bonchev–Trinajstić information content (AvgIpc) is 3.14. The number of nitrogens with zero attached hydrogens (tertiary/aromatic N) is 3. The summed E-state index contributed by atoms with van der Waals surface area (Å²) in [5, 5.41) is 1.96. The molecule has 1 aliphatic rings. The molecule has 0 saturated carbocycles. The van der Waals surface area contributed by atoms with Crippen LogP contribution in [0.2, 0.25) is 5.02 Å². The molecule has 1 amide bonds. The summed E-state index contributed by atoms with van der Waals surface area (Å²) in [6.45, 7) is 2.70. The summed E-state index contributed by atoms with van der Waals surface area (Å²) < 4.78 is 1.25. The maximum Gasteiger partial charge on any atom is 0.236 e. The minimum atomic E-state index is 0.192. The number of benzene rings is 2. The number of hydrogen-bond donors (Lipinski definition) is 0. The van der Waals surface area contributed by atoms with Gasteiger partial charge in [0.1, 0.15) is 0 Å². The zero-order chi connectivity index (χ0) is 19.5. The van der Waals surface area contributed by atoms with Gasteiger partial charge in [-0.2, -0.15) is 0 Å². The molecule has 2 aromatic carbocycles. The van der Waals surface area contributed by atoms with E-state index in [0.29, 0.717) is 19.0 Å². The van der Waals surface area contributed by atoms with Gasteiger partial charge in [-0.1, -0.05) is 41.9 Å². The first kappa shape index (κ1) is 19.4. The first-order chi connectivity index (χ1) is 13.6. The van der Waals surface area contributed by atoms with E-state index >= 15 is 0 Å². The van der Waals surface area contributed by atoms with Crippen LogP contribution < -0.4 is 0 Å². The second-order valence-electron chi connectivity index (χ2n) is 7.44. The molecular formula is C22H24ClN3OS. The van der Waals surface area contributed by atoms with E-state index in [2.05, 4.69) is 18.2 Å². The lowest BCUT2D eigenvalue weighted by atomic mass is 9.97.